The van der Waals surface area contributed by atoms with Crippen LogP contribution in [0.3, 0.4) is 0 Å². The highest BCUT2D eigenvalue weighted by molar-refractivity contribution is 5.64. The first-order valence-electron chi connectivity index (χ1n) is 6.61. The number of anilines is 1. The molecule has 0 amide bonds. The topological polar surface area (TPSA) is 40.6 Å². The van der Waals surface area contributed by atoms with Crippen molar-refractivity contribution in [1.29, 1.82) is 5.39 Å². The lowest BCUT2D eigenvalue weighted by Gasteiger charge is -2.19. The van der Waals surface area contributed by atoms with Gasteiger partial charge in [0.1, 0.15) is 0 Å². The summed E-state index contributed by atoms with van der Waals surface area (Å²) in [5, 5.41) is 8.94. The first kappa shape index (κ1) is 13.9. The van der Waals surface area contributed by atoms with E-state index in [0.717, 1.165) is 12.2 Å². The van der Waals surface area contributed by atoms with Crippen LogP contribution in [0.1, 0.15) is 12.5 Å². The van der Waals surface area contributed by atoms with Gasteiger partial charge in [0, 0.05) is 31.4 Å². The predicted octanol–water partition coefficient (Wildman–Crippen LogP) is 4.21. The minimum Gasteiger partial charge on any atom is -0.486 e. The van der Waals surface area contributed by atoms with Crippen LogP contribution in [0.15, 0.2) is 48.5 Å². The molecule has 0 saturated carbocycles. The van der Waals surface area contributed by atoms with E-state index >= 15 is 0 Å². The molecule has 0 radical (unpaired) electrons. The molecule has 102 valence electrons. The monoisotopic (exact) mass is 268 g/mol. The molecular formula is C16H18N3O+. The predicted molar refractivity (Wildman–Crippen MR) is 80.9 cm³/mol. The second kappa shape index (κ2) is 6.58. The molecular weight excluding hydrogens is 250 g/mol. The molecule has 0 unspecified atom stereocenters. The Bertz CT molecular complexity index is 605. The summed E-state index contributed by atoms with van der Waals surface area (Å²) in [6.45, 7) is 3.25. The molecule has 0 aromatic heterocycles. The minimum absolute atomic E-state index is 0.448. The molecule has 20 heavy (non-hydrogen) atoms. The summed E-state index contributed by atoms with van der Waals surface area (Å²) in [4.78, 5) is 5.35. The van der Waals surface area contributed by atoms with Crippen LogP contribution in [-0.4, -0.2) is 13.7 Å². The van der Waals surface area contributed by atoms with Crippen molar-refractivity contribution in [3.8, 4) is 5.75 Å². The molecule has 0 atom stereocenters. The van der Waals surface area contributed by atoms with Gasteiger partial charge in [0.2, 0.25) is 11.1 Å². The van der Waals surface area contributed by atoms with Gasteiger partial charge >= 0.3 is 5.69 Å². The van der Waals surface area contributed by atoms with E-state index in [9.17, 15) is 0 Å². The normalized spacial score (nSPS) is 9.85. The zero-order chi connectivity index (χ0) is 14.4. The molecule has 0 saturated heterocycles. The van der Waals surface area contributed by atoms with E-state index < -0.39 is 0 Å². The van der Waals surface area contributed by atoms with E-state index in [4.69, 9.17) is 10.1 Å². The van der Waals surface area contributed by atoms with Crippen LogP contribution in [0.5, 0.6) is 5.75 Å². The van der Waals surface area contributed by atoms with Crippen LogP contribution in [0.2, 0.25) is 0 Å². The van der Waals surface area contributed by atoms with Crippen molar-refractivity contribution in [2.75, 3.05) is 18.6 Å². The number of rotatable bonds is 5. The molecule has 4 heteroatoms. The van der Waals surface area contributed by atoms with Crippen molar-refractivity contribution < 1.29 is 4.74 Å². The number of diazo groups is 1. The molecule has 0 aliphatic heterocycles. The fourth-order valence-corrected chi connectivity index (χ4v) is 2.04. The van der Waals surface area contributed by atoms with Gasteiger partial charge in [-0.05, 0) is 18.6 Å². The van der Waals surface area contributed by atoms with Gasteiger partial charge in [-0.25, -0.2) is 0 Å². The first-order valence-corrected chi connectivity index (χ1v) is 6.61. The lowest BCUT2D eigenvalue weighted by atomic mass is 10.2. The van der Waals surface area contributed by atoms with Crippen molar-refractivity contribution in [3.05, 3.63) is 59.1 Å². The lowest BCUT2D eigenvalue weighted by Crippen LogP contribution is -2.16. The van der Waals surface area contributed by atoms with Crippen LogP contribution < -0.4 is 9.64 Å². The smallest absolute Gasteiger partial charge is 0.426 e. The molecule has 2 aromatic carbocycles. The van der Waals surface area contributed by atoms with Gasteiger partial charge < -0.3 is 9.64 Å². The summed E-state index contributed by atoms with van der Waals surface area (Å²) < 4.78 is 5.49. The summed E-state index contributed by atoms with van der Waals surface area (Å²) >= 11 is 0. The molecule has 0 heterocycles. The second-order valence-electron chi connectivity index (χ2n) is 4.53. The second-order valence-corrected chi connectivity index (χ2v) is 4.53. The average molecular weight is 268 g/mol. The quantitative estimate of drug-likeness (QED) is 0.763. The molecule has 0 aliphatic carbocycles. The van der Waals surface area contributed by atoms with E-state index in [1.54, 1.807) is 6.07 Å². The van der Waals surface area contributed by atoms with Crippen molar-refractivity contribution in [3.63, 3.8) is 0 Å². The van der Waals surface area contributed by atoms with Crippen LogP contribution in [0.4, 0.5) is 11.4 Å². The van der Waals surface area contributed by atoms with E-state index in [1.165, 1.54) is 5.56 Å². The van der Waals surface area contributed by atoms with Crippen LogP contribution >= 0.6 is 0 Å². The number of benzene rings is 2. The summed E-state index contributed by atoms with van der Waals surface area (Å²) in [5.74, 6) is 0.590. The molecule has 2 aromatic rings. The van der Waals surface area contributed by atoms with E-state index in [-0.39, 0.29) is 0 Å². The van der Waals surface area contributed by atoms with Crippen LogP contribution in [0.25, 0.3) is 4.98 Å². The molecule has 4 nitrogen and oxygen atoms in total. The van der Waals surface area contributed by atoms with Gasteiger partial charge in [0.05, 0.1) is 6.61 Å². The standard InChI is InChI=1S/C16H18N3O/c1-3-20-16-11-14(9-10-15(16)18-17)19(2)12-13-7-5-4-6-8-13/h4-11H,3,12H2,1-2H3/q+1. The van der Waals surface area contributed by atoms with Crippen LogP contribution in [0, 0.1) is 5.39 Å². The van der Waals surface area contributed by atoms with Gasteiger partial charge in [0.25, 0.3) is 0 Å². The van der Waals surface area contributed by atoms with Gasteiger partial charge in [-0.3, -0.25) is 0 Å². The zero-order valence-corrected chi connectivity index (χ0v) is 11.8. The Morgan fingerprint density at radius 1 is 1.15 bits per heavy atom. The van der Waals surface area contributed by atoms with Crippen molar-refractivity contribution in [2.24, 2.45) is 0 Å². The third kappa shape index (κ3) is 3.27. The maximum Gasteiger partial charge on any atom is 0.426 e. The molecule has 2 rings (SSSR count). The molecule has 0 fully saturated rings. The maximum absolute atomic E-state index is 8.94. The SMILES string of the molecule is CCOc1cc(N(C)Cc2ccccc2)ccc1[N+]#N. The summed E-state index contributed by atoms with van der Waals surface area (Å²) in [5.41, 5.74) is 2.71. The molecule has 0 spiro atoms. The molecule has 0 N–H and O–H groups in total. The van der Waals surface area contributed by atoms with Crippen molar-refractivity contribution >= 4 is 11.4 Å². The average Bonchev–Trinajstić information content (AvgIpc) is 2.48. The molecule has 0 aliphatic rings. The third-order valence-electron chi connectivity index (χ3n) is 3.05. The van der Waals surface area contributed by atoms with Gasteiger partial charge in [-0.1, -0.05) is 30.3 Å². The Balaban J connectivity index is 2.20. The Morgan fingerprint density at radius 2 is 1.90 bits per heavy atom. The van der Waals surface area contributed by atoms with Gasteiger partial charge in [-0.2, -0.15) is 0 Å². The fraction of sp³-hybridized carbons (Fsp3) is 0.250. The summed E-state index contributed by atoms with van der Waals surface area (Å²) in [6.07, 6.45) is 0. The van der Waals surface area contributed by atoms with E-state index in [0.29, 0.717) is 18.0 Å². The van der Waals surface area contributed by atoms with E-state index in [1.807, 2.05) is 44.3 Å². The van der Waals surface area contributed by atoms with E-state index in [2.05, 4.69) is 22.0 Å². The number of nitrogens with zero attached hydrogens (tertiary/aromatic N) is 3. The van der Waals surface area contributed by atoms with Crippen molar-refractivity contribution in [2.45, 2.75) is 13.5 Å². The molecule has 0 bridgehead atoms. The third-order valence-corrected chi connectivity index (χ3v) is 3.05. The highest BCUT2D eigenvalue weighted by Crippen LogP contribution is 2.32. The minimum atomic E-state index is 0.448. The largest absolute Gasteiger partial charge is 0.486 e. The number of hydrogen-bond acceptors (Lipinski definition) is 3. The maximum atomic E-state index is 8.94. The Labute approximate surface area is 119 Å². The first-order chi connectivity index (χ1) is 9.74. The number of ether oxygens (including phenoxy) is 1. The van der Waals surface area contributed by atoms with Gasteiger partial charge in [0.15, 0.2) is 4.98 Å². The fourth-order valence-electron chi connectivity index (χ4n) is 2.04. The zero-order valence-electron chi connectivity index (χ0n) is 11.8. The highest BCUT2D eigenvalue weighted by Gasteiger charge is 2.16. The summed E-state index contributed by atoms with van der Waals surface area (Å²) in [6, 6.07) is 15.8. The van der Waals surface area contributed by atoms with Crippen molar-refractivity contribution in [1.82, 2.24) is 0 Å². The Kier molecular flexibility index (Phi) is 4.56. The Hall–Kier alpha value is -2.54. The van der Waals surface area contributed by atoms with Gasteiger partial charge in [-0.15, -0.1) is 0 Å². The lowest BCUT2D eigenvalue weighted by molar-refractivity contribution is 0.342. The highest BCUT2D eigenvalue weighted by atomic mass is 16.5. The van der Waals surface area contributed by atoms with Crippen LogP contribution in [-0.2, 0) is 6.54 Å². The Morgan fingerprint density at radius 3 is 2.55 bits per heavy atom. The summed E-state index contributed by atoms with van der Waals surface area (Å²) in [7, 11) is 2.02. The number of hydrogen-bond donors (Lipinski definition) is 0.